The molecule has 1 aromatic heterocycles. The van der Waals surface area contributed by atoms with E-state index in [9.17, 15) is 5.11 Å². The van der Waals surface area contributed by atoms with Crippen LogP contribution in [0.3, 0.4) is 0 Å². The largest absolute Gasteiger partial charge is 0.508 e. The molecular weight excluding hydrogens is 250 g/mol. The van der Waals surface area contributed by atoms with E-state index in [1.54, 1.807) is 18.2 Å². The minimum absolute atomic E-state index is 0.171. The standard InChI is InChI=1S/C16H15N3O/c1-10-15(11-5-3-2-4-6-11)19-16(18-10)13-9-12(20)7-8-14(13)17/h2-9,20H,17H2,1H3,(H,18,19). The SMILES string of the molecule is Cc1[nH]c(-c2cc(O)ccc2N)nc1-c1ccccc1. The van der Waals surface area contributed by atoms with E-state index in [4.69, 9.17) is 5.73 Å². The van der Waals surface area contributed by atoms with E-state index in [-0.39, 0.29) is 5.75 Å². The van der Waals surface area contributed by atoms with E-state index in [0.29, 0.717) is 17.1 Å². The highest BCUT2D eigenvalue weighted by Crippen LogP contribution is 2.30. The molecule has 20 heavy (non-hydrogen) atoms. The first-order chi connectivity index (χ1) is 9.65. The molecule has 0 bridgehead atoms. The predicted octanol–water partition coefficient (Wildman–Crippen LogP) is 3.34. The average Bonchev–Trinajstić information content (AvgIpc) is 2.84. The lowest BCUT2D eigenvalue weighted by Gasteiger charge is -2.02. The minimum Gasteiger partial charge on any atom is -0.508 e. The highest BCUT2D eigenvalue weighted by atomic mass is 16.3. The number of aromatic hydroxyl groups is 1. The molecule has 100 valence electrons. The third-order valence-corrected chi connectivity index (χ3v) is 3.22. The van der Waals surface area contributed by atoms with E-state index in [2.05, 4.69) is 9.97 Å². The molecule has 4 N–H and O–H groups in total. The topological polar surface area (TPSA) is 74.9 Å². The normalized spacial score (nSPS) is 10.7. The van der Waals surface area contributed by atoms with E-state index in [1.807, 2.05) is 37.3 Å². The highest BCUT2D eigenvalue weighted by molar-refractivity contribution is 5.76. The Bertz CT molecular complexity index is 748. The summed E-state index contributed by atoms with van der Waals surface area (Å²) in [6.45, 7) is 1.97. The van der Waals surface area contributed by atoms with Gasteiger partial charge in [-0.3, -0.25) is 0 Å². The molecule has 2 aromatic carbocycles. The summed E-state index contributed by atoms with van der Waals surface area (Å²) >= 11 is 0. The second-order valence-corrected chi connectivity index (χ2v) is 4.70. The number of nitrogens with zero attached hydrogens (tertiary/aromatic N) is 1. The van der Waals surface area contributed by atoms with Crippen LogP contribution in [0, 0.1) is 6.92 Å². The average molecular weight is 265 g/mol. The van der Waals surface area contributed by atoms with Gasteiger partial charge in [-0.05, 0) is 25.1 Å². The van der Waals surface area contributed by atoms with Gasteiger partial charge in [0.05, 0.1) is 5.69 Å². The van der Waals surface area contributed by atoms with Gasteiger partial charge in [-0.25, -0.2) is 4.98 Å². The van der Waals surface area contributed by atoms with Gasteiger partial charge in [-0.2, -0.15) is 0 Å². The van der Waals surface area contributed by atoms with Crippen molar-refractivity contribution in [2.75, 3.05) is 5.73 Å². The van der Waals surface area contributed by atoms with Gasteiger partial charge < -0.3 is 15.8 Å². The van der Waals surface area contributed by atoms with Crippen LogP contribution < -0.4 is 5.73 Å². The number of benzene rings is 2. The Morgan fingerprint density at radius 1 is 1.10 bits per heavy atom. The van der Waals surface area contributed by atoms with Crippen LogP contribution in [-0.2, 0) is 0 Å². The van der Waals surface area contributed by atoms with Crippen LogP contribution >= 0.6 is 0 Å². The molecule has 0 aliphatic heterocycles. The molecule has 0 spiro atoms. The van der Waals surface area contributed by atoms with E-state index >= 15 is 0 Å². The van der Waals surface area contributed by atoms with Crippen molar-refractivity contribution in [1.29, 1.82) is 0 Å². The summed E-state index contributed by atoms with van der Waals surface area (Å²) in [6.07, 6.45) is 0. The summed E-state index contributed by atoms with van der Waals surface area (Å²) in [6, 6.07) is 14.8. The number of hydrogen-bond donors (Lipinski definition) is 3. The Kier molecular flexibility index (Phi) is 2.91. The molecule has 1 heterocycles. The zero-order chi connectivity index (χ0) is 14.1. The van der Waals surface area contributed by atoms with Gasteiger partial charge in [-0.15, -0.1) is 0 Å². The van der Waals surface area contributed by atoms with Crippen molar-refractivity contribution in [2.45, 2.75) is 6.92 Å². The van der Waals surface area contributed by atoms with Gasteiger partial charge in [0.2, 0.25) is 0 Å². The molecule has 0 amide bonds. The van der Waals surface area contributed by atoms with Crippen molar-refractivity contribution in [3.8, 4) is 28.4 Å². The van der Waals surface area contributed by atoms with Gasteiger partial charge in [0, 0.05) is 22.5 Å². The number of aromatic amines is 1. The maximum atomic E-state index is 9.59. The summed E-state index contributed by atoms with van der Waals surface area (Å²) in [5.74, 6) is 0.833. The Morgan fingerprint density at radius 2 is 1.85 bits per heavy atom. The van der Waals surface area contributed by atoms with Gasteiger partial charge in [0.1, 0.15) is 11.6 Å². The lowest BCUT2D eigenvalue weighted by molar-refractivity contribution is 0.475. The van der Waals surface area contributed by atoms with Crippen molar-refractivity contribution >= 4 is 5.69 Å². The Labute approximate surface area is 116 Å². The molecule has 0 aliphatic rings. The fourth-order valence-corrected chi connectivity index (χ4v) is 2.21. The van der Waals surface area contributed by atoms with Crippen molar-refractivity contribution < 1.29 is 5.11 Å². The summed E-state index contributed by atoms with van der Waals surface area (Å²) in [5.41, 5.74) is 10.1. The third-order valence-electron chi connectivity index (χ3n) is 3.22. The lowest BCUT2D eigenvalue weighted by Crippen LogP contribution is -1.91. The van der Waals surface area contributed by atoms with Crippen molar-refractivity contribution in [1.82, 2.24) is 9.97 Å². The first-order valence-corrected chi connectivity index (χ1v) is 6.36. The number of nitrogens with one attached hydrogen (secondary N) is 1. The van der Waals surface area contributed by atoms with Crippen molar-refractivity contribution in [2.24, 2.45) is 0 Å². The zero-order valence-electron chi connectivity index (χ0n) is 11.1. The van der Waals surface area contributed by atoms with E-state index < -0.39 is 0 Å². The molecule has 0 fully saturated rings. The summed E-state index contributed by atoms with van der Waals surface area (Å²) in [4.78, 5) is 7.83. The number of aryl methyl sites for hydroxylation is 1. The molecule has 0 atom stereocenters. The number of H-pyrrole nitrogens is 1. The van der Waals surface area contributed by atoms with Crippen LogP contribution in [0.2, 0.25) is 0 Å². The van der Waals surface area contributed by atoms with Crippen LogP contribution in [0.5, 0.6) is 5.75 Å². The van der Waals surface area contributed by atoms with Crippen molar-refractivity contribution in [3.05, 3.63) is 54.2 Å². The molecule has 0 saturated carbocycles. The van der Waals surface area contributed by atoms with Crippen LogP contribution in [-0.4, -0.2) is 15.1 Å². The van der Waals surface area contributed by atoms with Crippen LogP contribution in [0.15, 0.2) is 48.5 Å². The minimum atomic E-state index is 0.171. The second kappa shape index (κ2) is 4.74. The molecular formula is C16H15N3O. The lowest BCUT2D eigenvalue weighted by atomic mass is 10.1. The van der Waals surface area contributed by atoms with Gasteiger partial charge in [0.15, 0.2) is 0 Å². The fourth-order valence-electron chi connectivity index (χ4n) is 2.21. The van der Waals surface area contributed by atoms with Crippen LogP contribution in [0.1, 0.15) is 5.69 Å². The second-order valence-electron chi connectivity index (χ2n) is 4.70. The first kappa shape index (κ1) is 12.3. The molecule has 0 radical (unpaired) electrons. The van der Waals surface area contributed by atoms with Crippen molar-refractivity contribution in [3.63, 3.8) is 0 Å². The maximum Gasteiger partial charge on any atom is 0.140 e. The number of phenolic OH excluding ortho intramolecular Hbond substituents is 1. The first-order valence-electron chi connectivity index (χ1n) is 6.36. The quantitative estimate of drug-likeness (QED) is 0.491. The number of hydrogen-bond acceptors (Lipinski definition) is 3. The third kappa shape index (κ3) is 2.12. The van der Waals surface area contributed by atoms with E-state index in [0.717, 1.165) is 17.0 Å². The molecule has 3 rings (SSSR count). The number of rotatable bonds is 2. The number of phenols is 1. The molecule has 0 unspecified atom stereocenters. The fraction of sp³-hybridized carbons (Fsp3) is 0.0625. The number of anilines is 1. The number of nitrogens with two attached hydrogens (primary N) is 1. The predicted molar refractivity (Wildman–Crippen MR) is 80.3 cm³/mol. The van der Waals surface area contributed by atoms with Crippen LogP contribution in [0.25, 0.3) is 22.6 Å². The number of nitrogen functional groups attached to an aromatic ring is 1. The number of imidazole rings is 1. The smallest absolute Gasteiger partial charge is 0.140 e. The molecule has 0 aliphatic carbocycles. The molecule has 0 saturated heterocycles. The Balaban J connectivity index is 2.11. The summed E-state index contributed by atoms with van der Waals surface area (Å²) in [5, 5.41) is 9.59. The summed E-state index contributed by atoms with van der Waals surface area (Å²) in [7, 11) is 0. The molecule has 4 nitrogen and oxygen atoms in total. The number of aromatic nitrogens is 2. The molecule has 4 heteroatoms. The molecule has 3 aromatic rings. The van der Waals surface area contributed by atoms with E-state index in [1.165, 1.54) is 0 Å². The van der Waals surface area contributed by atoms with Gasteiger partial charge >= 0.3 is 0 Å². The monoisotopic (exact) mass is 265 g/mol. The Hall–Kier alpha value is -2.75. The summed E-state index contributed by atoms with van der Waals surface area (Å²) < 4.78 is 0. The Morgan fingerprint density at radius 3 is 2.60 bits per heavy atom. The zero-order valence-corrected chi connectivity index (χ0v) is 11.1. The van der Waals surface area contributed by atoms with Gasteiger partial charge in [0.25, 0.3) is 0 Å². The highest BCUT2D eigenvalue weighted by Gasteiger charge is 2.12. The maximum absolute atomic E-state index is 9.59. The van der Waals surface area contributed by atoms with Gasteiger partial charge in [-0.1, -0.05) is 30.3 Å². The van der Waals surface area contributed by atoms with Crippen LogP contribution in [0.4, 0.5) is 5.69 Å².